The molecule has 0 aliphatic heterocycles. The second-order valence-electron chi connectivity index (χ2n) is 40.6. The number of hydrogen-bond acceptors (Lipinski definition) is 8. The first-order valence-electron chi connectivity index (χ1n) is 50.5. The number of thiophene rings is 1. The lowest BCUT2D eigenvalue weighted by Gasteiger charge is -2.21. The molecule has 0 atom stereocenters. The summed E-state index contributed by atoms with van der Waals surface area (Å²) < 4.78 is 18.7. The van der Waals surface area contributed by atoms with E-state index in [9.17, 15) is 0 Å². The fraction of sp³-hybridized carbons (Fsp3) is 0.0667. The lowest BCUT2D eigenvalue weighted by atomic mass is 9.85. The van der Waals surface area contributed by atoms with E-state index in [1.165, 1.54) is 130 Å². The van der Waals surface area contributed by atoms with E-state index >= 15 is 0 Å². The lowest BCUT2D eigenvalue weighted by Crippen LogP contribution is -2.17. The van der Waals surface area contributed by atoms with Crippen molar-refractivity contribution in [2.45, 2.75) is 57.8 Å². The van der Waals surface area contributed by atoms with Crippen LogP contribution in [0.4, 0.5) is 0 Å². The van der Waals surface area contributed by atoms with Crippen LogP contribution >= 0.6 is 11.3 Å². The minimum absolute atomic E-state index is 0.247. The van der Waals surface area contributed by atoms with E-state index in [0.717, 1.165) is 157 Å². The van der Waals surface area contributed by atoms with Gasteiger partial charge in [0.2, 0.25) is 0 Å². The summed E-state index contributed by atoms with van der Waals surface area (Å²) in [6, 6.07) is 160. The maximum absolute atomic E-state index is 6.37. The molecule has 19 aromatic carbocycles. The smallest absolute Gasteiger partial charge is 0.160 e. The molecule has 3 aliphatic carbocycles. The largest absolute Gasteiger partial charge is 0.456 e. The van der Waals surface area contributed by atoms with Gasteiger partial charge >= 0.3 is 0 Å². The Bertz CT molecular complexity index is 9990. The average molecular weight is 1900 g/mol. The highest BCUT2D eigenvalue weighted by molar-refractivity contribution is 7.26. The molecule has 0 radical (unpaired) electrons. The van der Waals surface area contributed by atoms with Crippen molar-refractivity contribution >= 4 is 141 Å². The molecule has 0 saturated heterocycles. The van der Waals surface area contributed by atoms with Gasteiger partial charge in [0, 0.05) is 158 Å². The van der Waals surface area contributed by atoms with E-state index in [4.69, 9.17) is 34.3 Å². The molecule has 12 heteroatoms. The minimum atomic E-state index is -0.268. The van der Waals surface area contributed by atoms with Crippen molar-refractivity contribution < 1.29 is 4.42 Å². The first-order valence-corrected chi connectivity index (χ1v) is 51.3. The Kier molecular flexibility index (Phi) is 19.1. The van der Waals surface area contributed by atoms with Gasteiger partial charge < -0.3 is 22.7 Å². The zero-order valence-electron chi connectivity index (χ0n) is 81.5. The summed E-state index contributed by atoms with van der Waals surface area (Å²) in [5, 5.41) is 14.8. The third-order valence-electron chi connectivity index (χ3n) is 31.2. The van der Waals surface area contributed by atoms with Crippen LogP contribution in [0.1, 0.15) is 75.3 Å². The lowest BCUT2D eigenvalue weighted by molar-refractivity contribution is 0.636. The topological polar surface area (TPSA) is 110 Å². The Morgan fingerprint density at radius 1 is 0.211 bits per heavy atom. The number of aromatic nitrogens is 10. The molecule has 31 rings (SSSR count). The molecule has 0 unspecified atom stereocenters. The van der Waals surface area contributed by atoms with Crippen molar-refractivity contribution in [2.24, 2.45) is 0 Å². The van der Waals surface area contributed by atoms with Gasteiger partial charge in [0.15, 0.2) is 17.5 Å². The van der Waals surface area contributed by atoms with Crippen LogP contribution in [-0.2, 0) is 16.2 Å². The highest BCUT2D eigenvalue weighted by atomic mass is 32.1. The Balaban J connectivity index is 0.000000104. The van der Waals surface area contributed by atoms with Crippen molar-refractivity contribution in [1.82, 2.24) is 48.2 Å². The van der Waals surface area contributed by atoms with Gasteiger partial charge in [-0.1, -0.05) is 381 Å². The quantitative estimate of drug-likeness (QED) is 0.134. The van der Waals surface area contributed by atoms with Gasteiger partial charge in [0.25, 0.3) is 0 Å². The third kappa shape index (κ3) is 13.0. The first kappa shape index (κ1) is 85.4. The van der Waals surface area contributed by atoms with Crippen LogP contribution in [0, 0.1) is 0 Å². The van der Waals surface area contributed by atoms with Crippen LogP contribution in [0.3, 0.4) is 0 Å². The predicted octanol–water partition coefficient (Wildman–Crippen LogP) is 35.0. The molecule has 11 nitrogen and oxygen atoms in total. The normalized spacial score (nSPS) is 13.4. The number of fused-ring (bicyclic) bond motifs is 30. The van der Waals surface area contributed by atoms with Crippen LogP contribution < -0.4 is 0 Å². The van der Waals surface area contributed by atoms with Crippen molar-refractivity contribution in [3.05, 3.63) is 483 Å². The van der Waals surface area contributed by atoms with Crippen LogP contribution in [-0.4, -0.2) is 48.2 Å². The summed E-state index contributed by atoms with van der Waals surface area (Å²) in [4.78, 5) is 31.9. The number of nitrogens with zero attached hydrogens (tertiary/aromatic N) is 10. The highest BCUT2D eigenvalue weighted by Gasteiger charge is 2.44. The maximum atomic E-state index is 6.37. The Hall–Kier alpha value is -18.4. The monoisotopic (exact) mass is 1900 g/mol. The molecule has 0 spiro atoms. The Labute approximate surface area is 851 Å². The molecule has 0 bridgehead atoms. The van der Waals surface area contributed by atoms with Crippen LogP contribution in [0.15, 0.2) is 453 Å². The Morgan fingerprint density at radius 3 is 0.980 bits per heavy atom. The van der Waals surface area contributed by atoms with Crippen LogP contribution in [0.25, 0.3) is 253 Å². The van der Waals surface area contributed by atoms with E-state index in [1.54, 1.807) is 0 Å². The number of para-hydroxylation sites is 6. The first-order chi connectivity index (χ1) is 72.2. The number of rotatable bonds is 10. The van der Waals surface area contributed by atoms with Gasteiger partial charge in [0.1, 0.15) is 11.2 Å². The molecule has 147 heavy (non-hydrogen) atoms. The third-order valence-corrected chi connectivity index (χ3v) is 32.3. The molecular formula is C135H92N10OS. The van der Waals surface area contributed by atoms with E-state index in [1.807, 2.05) is 41.7 Å². The van der Waals surface area contributed by atoms with Crippen molar-refractivity contribution in [3.63, 3.8) is 0 Å². The zero-order chi connectivity index (χ0) is 97.8. The molecule has 9 aromatic heterocycles. The standard InChI is InChI=1S/C49H34N4.C43H29N3O.C43H29N3S/c1-49(2)39-25-12-9-23-37(39)44-45(50-48(51-47(44)49)31-16-5-3-6-17-31)32-18-15-21-34(30-32)53-40-26-13-10-22-35(40)36-28-29-42-43(46(36)53)38-24-11-14-27-41(38)52(42)33-19-7-4-8-20-33;2*1-43(2)33-20-9-6-18-31(33)38-39(44-42(45-41(38)43)26-13-4-3-5-14-26)27-15-12-16-28(25-27)46-34-21-10-7-17-29(34)30-23-24-36-37(40(30)46)32-19-8-11-22-35(32)47-36/h3-30H,1-2H3;2*3-25H,1-2H3. The molecule has 0 fully saturated rings. The Morgan fingerprint density at radius 2 is 0.537 bits per heavy atom. The number of hydrogen-bond donors (Lipinski definition) is 0. The molecule has 28 aromatic rings. The maximum Gasteiger partial charge on any atom is 0.160 e. The summed E-state index contributed by atoms with van der Waals surface area (Å²) in [6.07, 6.45) is 0. The fourth-order valence-corrected chi connectivity index (χ4v) is 25.6. The van der Waals surface area contributed by atoms with E-state index in [0.29, 0.717) is 0 Å². The van der Waals surface area contributed by atoms with Crippen LogP contribution in [0.2, 0.25) is 0 Å². The summed E-state index contributed by atoms with van der Waals surface area (Å²) in [5.74, 6) is 2.25. The van der Waals surface area contributed by atoms with Gasteiger partial charge in [-0.25, -0.2) is 29.9 Å². The zero-order valence-corrected chi connectivity index (χ0v) is 82.3. The summed E-state index contributed by atoms with van der Waals surface area (Å²) in [5.41, 5.74) is 38.2. The van der Waals surface area contributed by atoms with Crippen LogP contribution in [0.5, 0.6) is 0 Å². The second-order valence-corrected chi connectivity index (χ2v) is 41.7. The molecule has 0 saturated carbocycles. The predicted molar refractivity (Wildman–Crippen MR) is 609 cm³/mol. The van der Waals surface area contributed by atoms with E-state index in [-0.39, 0.29) is 16.2 Å². The molecule has 9 heterocycles. The summed E-state index contributed by atoms with van der Waals surface area (Å²) in [7, 11) is 0. The molecule has 0 amide bonds. The van der Waals surface area contributed by atoms with Crippen molar-refractivity contribution in [1.29, 1.82) is 0 Å². The molecule has 3 aliphatic rings. The number of furan rings is 1. The van der Waals surface area contributed by atoms with Crippen molar-refractivity contribution in [3.8, 4) is 124 Å². The van der Waals surface area contributed by atoms with Crippen molar-refractivity contribution in [2.75, 3.05) is 0 Å². The molecule has 0 N–H and O–H groups in total. The van der Waals surface area contributed by atoms with Gasteiger partial charge in [-0.05, 0) is 143 Å². The minimum Gasteiger partial charge on any atom is -0.456 e. The molecule has 694 valence electrons. The number of benzene rings is 19. The SMILES string of the molecule is CC1(C)c2ccccc2-c2c(-c3cccc(-n4c5ccccc5c5ccc6c(c7ccccc7n6-c6ccccc6)c54)c3)nc(-c3ccccc3)nc21.CC1(C)c2ccccc2-c2c(-c3cccc(-n4c5ccccc5c5ccc6oc7ccccc7c6c54)c3)nc(-c3ccccc3)nc21.CC1(C)c2ccccc2-c2c(-c3cccc(-n4c5ccccc5c5ccc6sc7ccccc7c6c54)c3)nc(-c3ccccc3)nc21. The van der Waals surface area contributed by atoms with Gasteiger partial charge in [0.05, 0.1) is 83.7 Å². The highest BCUT2D eigenvalue weighted by Crippen LogP contribution is 2.57. The average Bonchev–Trinajstić information content (AvgIpc) is 1.51. The van der Waals surface area contributed by atoms with E-state index in [2.05, 4.69) is 478 Å². The van der Waals surface area contributed by atoms with Gasteiger partial charge in [-0.2, -0.15) is 0 Å². The van der Waals surface area contributed by atoms with Gasteiger partial charge in [-0.3, -0.25) is 0 Å². The summed E-state index contributed by atoms with van der Waals surface area (Å²) >= 11 is 1.87. The summed E-state index contributed by atoms with van der Waals surface area (Å²) in [6.45, 7) is 13.7. The van der Waals surface area contributed by atoms with E-state index < -0.39 is 0 Å². The van der Waals surface area contributed by atoms with Gasteiger partial charge in [-0.15, -0.1) is 11.3 Å². The fourth-order valence-electron chi connectivity index (χ4n) is 24.5. The molecular weight excluding hydrogens is 1810 g/mol. The second kappa shape index (κ2) is 32.8.